The SMILES string of the molecule is O=C(C[C@@H](NC(=O)c1ccccc1Cl)c1ccccc1)NC[C@H]1COc2ccccc2O1. The van der Waals surface area contributed by atoms with Gasteiger partial charge in [0.25, 0.3) is 5.91 Å². The minimum atomic E-state index is -0.510. The highest BCUT2D eigenvalue weighted by molar-refractivity contribution is 6.33. The molecule has 0 aliphatic carbocycles. The van der Waals surface area contributed by atoms with E-state index in [0.29, 0.717) is 35.2 Å². The van der Waals surface area contributed by atoms with Crippen LogP contribution in [0.3, 0.4) is 0 Å². The number of amides is 2. The highest BCUT2D eigenvalue weighted by Crippen LogP contribution is 2.30. The molecule has 0 radical (unpaired) electrons. The van der Waals surface area contributed by atoms with Crippen LogP contribution in [0.25, 0.3) is 0 Å². The smallest absolute Gasteiger partial charge is 0.253 e. The number of benzene rings is 3. The number of ether oxygens (including phenoxy) is 2. The highest BCUT2D eigenvalue weighted by Gasteiger charge is 2.23. The average Bonchev–Trinajstić information content (AvgIpc) is 2.83. The average molecular weight is 451 g/mol. The molecule has 6 nitrogen and oxygen atoms in total. The minimum Gasteiger partial charge on any atom is -0.486 e. The molecule has 0 fully saturated rings. The number of carbonyl (C=O) groups excluding carboxylic acids is 2. The summed E-state index contributed by atoms with van der Waals surface area (Å²) in [6, 6.07) is 23.1. The first-order valence-electron chi connectivity index (χ1n) is 10.4. The molecular weight excluding hydrogens is 428 g/mol. The Morgan fingerprint density at radius 1 is 0.938 bits per heavy atom. The van der Waals surface area contributed by atoms with Crippen LogP contribution in [0.1, 0.15) is 28.4 Å². The number of fused-ring (bicyclic) bond motifs is 1. The number of hydrogen-bond acceptors (Lipinski definition) is 4. The first-order valence-corrected chi connectivity index (χ1v) is 10.7. The van der Waals surface area contributed by atoms with Crippen molar-refractivity contribution in [1.82, 2.24) is 10.6 Å². The third-order valence-corrected chi connectivity index (χ3v) is 5.44. The van der Waals surface area contributed by atoms with Crippen molar-refractivity contribution < 1.29 is 19.1 Å². The maximum absolute atomic E-state index is 12.8. The number of para-hydroxylation sites is 2. The lowest BCUT2D eigenvalue weighted by Crippen LogP contribution is -2.42. The first kappa shape index (κ1) is 21.7. The molecule has 0 unspecified atom stereocenters. The van der Waals surface area contributed by atoms with Gasteiger partial charge in [-0.2, -0.15) is 0 Å². The van der Waals surface area contributed by atoms with E-state index in [4.69, 9.17) is 21.1 Å². The zero-order chi connectivity index (χ0) is 22.3. The molecule has 0 saturated heterocycles. The van der Waals surface area contributed by atoms with Crippen molar-refractivity contribution in [3.05, 3.63) is 95.0 Å². The minimum absolute atomic E-state index is 0.0738. The number of halogens is 1. The van der Waals surface area contributed by atoms with E-state index >= 15 is 0 Å². The van der Waals surface area contributed by atoms with Gasteiger partial charge in [0.2, 0.25) is 5.91 Å². The van der Waals surface area contributed by atoms with Gasteiger partial charge < -0.3 is 20.1 Å². The molecule has 32 heavy (non-hydrogen) atoms. The molecule has 0 aromatic heterocycles. The van der Waals surface area contributed by atoms with Crippen molar-refractivity contribution in [2.24, 2.45) is 0 Å². The Morgan fingerprint density at radius 3 is 2.41 bits per heavy atom. The highest BCUT2D eigenvalue weighted by atomic mass is 35.5. The van der Waals surface area contributed by atoms with Crippen LogP contribution in [0.2, 0.25) is 5.02 Å². The largest absolute Gasteiger partial charge is 0.486 e. The second-order valence-electron chi connectivity index (χ2n) is 7.42. The fourth-order valence-corrected chi connectivity index (χ4v) is 3.69. The fraction of sp³-hybridized carbons (Fsp3) is 0.200. The second kappa shape index (κ2) is 10.2. The predicted octanol–water partition coefficient (Wildman–Crippen LogP) is 4.16. The molecule has 1 heterocycles. The van der Waals surface area contributed by atoms with Gasteiger partial charge in [0.1, 0.15) is 12.7 Å². The van der Waals surface area contributed by atoms with Gasteiger partial charge in [0.05, 0.1) is 29.6 Å². The molecule has 2 amide bonds. The van der Waals surface area contributed by atoms with Gasteiger partial charge in [-0.25, -0.2) is 0 Å². The van der Waals surface area contributed by atoms with E-state index in [1.807, 2.05) is 54.6 Å². The maximum atomic E-state index is 12.8. The molecule has 3 aromatic rings. The van der Waals surface area contributed by atoms with Crippen LogP contribution in [0.5, 0.6) is 11.5 Å². The maximum Gasteiger partial charge on any atom is 0.253 e. The quantitative estimate of drug-likeness (QED) is 0.566. The van der Waals surface area contributed by atoms with Gasteiger partial charge in [-0.1, -0.05) is 66.2 Å². The number of carbonyl (C=O) groups is 2. The molecule has 1 aliphatic rings. The van der Waals surface area contributed by atoms with Crippen LogP contribution < -0.4 is 20.1 Å². The molecule has 1 aliphatic heterocycles. The summed E-state index contributed by atoms with van der Waals surface area (Å²) in [6.45, 7) is 0.649. The zero-order valence-electron chi connectivity index (χ0n) is 17.3. The van der Waals surface area contributed by atoms with Crippen molar-refractivity contribution in [1.29, 1.82) is 0 Å². The Bertz CT molecular complexity index is 1090. The molecule has 0 spiro atoms. The summed E-state index contributed by atoms with van der Waals surface area (Å²) in [4.78, 5) is 25.5. The Balaban J connectivity index is 1.38. The summed E-state index contributed by atoms with van der Waals surface area (Å²) in [5.41, 5.74) is 1.19. The number of hydrogen-bond donors (Lipinski definition) is 2. The standard InChI is InChI=1S/C25H23ClN2O4/c26-20-11-5-4-10-19(20)25(30)28-21(17-8-2-1-3-9-17)14-24(29)27-15-18-16-31-22-12-6-7-13-23(22)32-18/h1-13,18,21H,14-16H2,(H,27,29)(H,28,30)/t18-,21+/m0/s1. The Labute approximate surface area is 191 Å². The summed E-state index contributed by atoms with van der Waals surface area (Å²) in [7, 11) is 0. The van der Waals surface area contributed by atoms with Crippen LogP contribution in [0, 0.1) is 0 Å². The van der Waals surface area contributed by atoms with Crippen molar-refractivity contribution in [3.8, 4) is 11.5 Å². The van der Waals surface area contributed by atoms with Crippen LogP contribution in [0.4, 0.5) is 0 Å². The molecule has 0 saturated carbocycles. The third kappa shape index (κ3) is 5.39. The summed E-state index contributed by atoms with van der Waals surface area (Å²) in [5, 5.41) is 6.18. The van der Waals surface area contributed by atoms with Gasteiger partial charge in [-0.15, -0.1) is 0 Å². The van der Waals surface area contributed by atoms with Crippen molar-refractivity contribution in [2.45, 2.75) is 18.6 Å². The molecule has 2 atom stereocenters. The lowest BCUT2D eigenvalue weighted by Gasteiger charge is -2.27. The van der Waals surface area contributed by atoms with E-state index in [1.54, 1.807) is 24.3 Å². The predicted molar refractivity (Wildman–Crippen MR) is 122 cm³/mol. The normalized spacial score (nSPS) is 15.5. The van der Waals surface area contributed by atoms with Gasteiger partial charge in [0, 0.05) is 0 Å². The van der Waals surface area contributed by atoms with E-state index in [9.17, 15) is 9.59 Å². The van der Waals surface area contributed by atoms with E-state index in [2.05, 4.69) is 10.6 Å². The lowest BCUT2D eigenvalue weighted by atomic mass is 10.0. The van der Waals surface area contributed by atoms with E-state index < -0.39 is 6.04 Å². The summed E-state index contributed by atoms with van der Waals surface area (Å²) >= 11 is 6.16. The second-order valence-corrected chi connectivity index (χ2v) is 7.83. The molecule has 164 valence electrons. The van der Waals surface area contributed by atoms with E-state index in [0.717, 1.165) is 5.56 Å². The van der Waals surface area contributed by atoms with Crippen LogP contribution >= 0.6 is 11.6 Å². The summed E-state index contributed by atoms with van der Waals surface area (Å²) < 4.78 is 11.6. The topological polar surface area (TPSA) is 76.7 Å². The van der Waals surface area contributed by atoms with Gasteiger partial charge >= 0.3 is 0 Å². The molecule has 2 N–H and O–H groups in total. The van der Waals surface area contributed by atoms with Gasteiger partial charge in [-0.05, 0) is 29.8 Å². The lowest BCUT2D eigenvalue weighted by molar-refractivity contribution is -0.122. The van der Waals surface area contributed by atoms with Crippen LogP contribution in [0.15, 0.2) is 78.9 Å². The molecule has 0 bridgehead atoms. The van der Waals surface area contributed by atoms with Crippen LogP contribution in [-0.4, -0.2) is 31.1 Å². The van der Waals surface area contributed by atoms with Gasteiger partial charge in [0.15, 0.2) is 11.5 Å². The fourth-order valence-electron chi connectivity index (χ4n) is 3.47. The number of rotatable bonds is 7. The van der Waals surface area contributed by atoms with E-state index in [1.165, 1.54) is 0 Å². The monoisotopic (exact) mass is 450 g/mol. The summed E-state index contributed by atoms with van der Waals surface area (Å²) in [6.07, 6.45) is -0.216. The van der Waals surface area contributed by atoms with Crippen LogP contribution in [-0.2, 0) is 4.79 Å². The number of nitrogens with one attached hydrogen (secondary N) is 2. The Hall–Kier alpha value is -3.51. The van der Waals surface area contributed by atoms with E-state index in [-0.39, 0.29) is 24.3 Å². The Morgan fingerprint density at radius 2 is 1.62 bits per heavy atom. The molecule has 3 aromatic carbocycles. The molecule has 4 rings (SSSR count). The van der Waals surface area contributed by atoms with Crippen molar-refractivity contribution >= 4 is 23.4 Å². The zero-order valence-corrected chi connectivity index (χ0v) is 18.0. The third-order valence-electron chi connectivity index (χ3n) is 5.11. The molecular formula is C25H23ClN2O4. The van der Waals surface area contributed by atoms with Crippen molar-refractivity contribution in [2.75, 3.05) is 13.2 Å². The van der Waals surface area contributed by atoms with Crippen molar-refractivity contribution in [3.63, 3.8) is 0 Å². The van der Waals surface area contributed by atoms with Gasteiger partial charge in [-0.3, -0.25) is 9.59 Å². The first-order chi connectivity index (χ1) is 15.6. The Kier molecular flexibility index (Phi) is 6.92. The summed E-state index contributed by atoms with van der Waals surface area (Å²) in [5.74, 6) is 0.812. The molecule has 7 heteroatoms.